The van der Waals surface area contributed by atoms with Crippen molar-refractivity contribution in [2.75, 3.05) is 6.54 Å². The van der Waals surface area contributed by atoms with E-state index in [2.05, 4.69) is 5.32 Å². The summed E-state index contributed by atoms with van der Waals surface area (Å²) in [6, 6.07) is 11.8. The Labute approximate surface area is 123 Å². The molecule has 1 aliphatic heterocycles. The number of nitrogens with two attached hydrogens (primary N) is 1. The van der Waals surface area contributed by atoms with Crippen LogP contribution in [0.15, 0.2) is 42.5 Å². The Kier molecular flexibility index (Phi) is 3.99. The molecule has 0 bridgehead atoms. The molecule has 0 aromatic heterocycles. The van der Waals surface area contributed by atoms with Crippen molar-refractivity contribution in [2.24, 2.45) is 5.73 Å². The Morgan fingerprint density at radius 3 is 2.48 bits per heavy atom. The fraction of sp³-hybridized carbons (Fsp3) is 0.294. The number of halogens is 2. The lowest BCUT2D eigenvalue weighted by Crippen LogP contribution is -2.37. The molecule has 0 aliphatic carbocycles. The van der Waals surface area contributed by atoms with Crippen LogP contribution in [0.5, 0.6) is 0 Å². The molecule has 1 saturated heterocycles. The zero-order chi connectivity index (χ0) is 14.8. The fourth-order valence-electron chi connectivity index (χ4n) is 2.86. The molecule has 0 amide bonds. The monoisotopic (exact) mass is 288 g/mol. The molecule has 2 atom stereocenters. The zero-order valence-electron chi connectivity index (χ0n) is 11.7. The van der Waals surface area contributed by atoms with Gasteiger partial charge in [-0.3, -0.25) is 0 Å². The third-order valence-electron chi connectivity index (χ3n) is 3.98. The van der Waals surface area contributed by atoms with Gasteiger partial charge in [-0.15, -0.1) is 0 Å². The second-order valence-corrected chi connectivity index (χ2v) is 5.58. The summed E-state index contributed by atoms with van der Waals surface area (Å²) in [5.74, 6) is -1.12. The Morgan fingerprint density at radius 2 is 1.81 bits per heavy atom. The summed E-state index contributed by atoms with van der Waals surface area (Å²) < 4.78 is 26.7. The highest BCUT2D eigenvalue weighted by molar-refractivity contribution is 5.64. The first-order chi connectivity index (χ1) is 10.1. The zero-order valence-corrected chi connectivity index (χ0v) is 11.7. The van der Waals surface area contributed by atoms with Crippen molar-refractivity contribution in [3.05, 3.63) is 59.7 Å². The molecule has 2 aromatic rings. The van der Waals surface area contributed by atoms with Crippen LogP contribution in [-0.2, 0) is 6.42 Å². The average molecular weight is 288 g/mol. The SMILES string of the molecule is NC1CCNC1Cc1cccc(-c2cc(F)cc(F)c2)c1. The predicted molar refractivity (Wildman–Crippen MR) is 79.9 cm³/mol. The van der Waals surface area contributed by atoms with Gasteiger partial charge in [0.05, 0.1) is 0 Å². The molecule has 3 rings (SSSR count). The molecular weight excluding hydrogens is 270 g/mol. The topological polar surface area (TPSA) is 38.0 Å². The van der Waals surface area contributed by atoms with Gasteiger partial charge >= 0.3 is 0 Å². The largest absolute Gasteiger partial charge is 0.326 e. The minimum Gasteiger partial charge on any atom is -0.326 e. The highest BCUT2D eigenvalue weighted by Crippen LogP contribution is 2.23. The van der Waals surface area contributed by atoms with E-state index in [9.17, 15) is 8.78 Å². The maximum absolute atomic E-state index is 13.3. The van der Waals surface area contributed by atoms with E-state index >= 15 is 0 Å². The summed E-state index contributed by atoms with van der Waals surface area (Å²) in [5, 5.41) is 3.39. The van der Waals surface area contributed by atoms with Crippen LogP contribution in [0.25, 0.3) is 11.1 Å². The quantitative estimate of drug-likeness (QED) is 0.911. The lowest BCUT2D eigenvalue weighted by atomic mass is 9.97. The number of rotatable bonds is 3. The van der Waals surface area contributed by atoms with Gasteiger partial charge in [0.1, 0.15) is 11.6 Å². The van der Waals surface area contributed by atoms with E-state index in [0.717, 1.165) is 36.6 Å². The standard InChI is InChI=1S/C17H18F2N2/c18-14-8-13(9-15(19)10-14)12-3-1-2-11(6-12)7-17-16(20)4-5-21-17/h1-3,6,8-10,16-17,21H,4-5,7,20H2. The van der Waals surface area contributed by atoms with Gasteiger partial charge in [0, 0.05) is 18.2 Å². The van der Waals surface area contributed by atoms with Gasteiger partial charge in [0.25, 0.3) is 0 Å². The van der Waals surface area contributed by atoms with Crippen LogP contribution in [0.4, 0.5) is 8.78 Å². The van der Waals surface area contributed by atoms with Crippen LogP contribution >= 0.6 is 0 Å². The Morgan fingerprint density at radius 1 is 1.05 bits per heavy atom. The highest BCUT2D eigenvalue weighted by Gasteiger charge is 2.23. The molecule has 1 heterocycles. The number of nitrogens with one attached hydrogen (secondary N) is 1. The van der Waals surface area contributed by atoms with E-state index < -0.39 is 11.6 Å². The molecule has 2 unspecified atom stereocenters. The van der Waals surface area contributed by atoms with E-state index in [0.29, 0.717) is 5.56 Å². The van der Waals surface area contributed by atoms with Gasteiger partial charge in [-0.05, 0) is 48.2 Å². The first-order valence-electron chi connectivity index (χ1n) is 7.16. The summed E-state index contributed by atoms with van der Waals surface area (Å²) in [5.41, 5.74) is 8.54. The minimum atomic E-state index is -0.560. The number of hydrogen-bond acceptors (Lipinski definition) is 2. The van der Waals surface area contributed by atoms with E-state index in [-0.39, 0.29) is 12.1 Å². The van der Waals surface area contributed by atoms with Gasteiger partial charge in [-0.25, -0.2) is 8.78 Å². The van der Waals surface area contributed by atoms with Gasteiger partial charge in [-0.1, -0.05) is 24.3 Å². The second-order valence-electron chi connectivity index (χ2n) is 5.58. The molecule has 1 fully saturated rings. The van der Waals surface area contributed by atoms with E-state index in [1.165, 1.54) is 12.1 Å². The third-order valence-corrected chi connectivity index (χ3v) is 3.98. The molecule has 1 aliphatic rings. The molecule has 110 valence electrons. The number of hydrogen-bond donors (Lipinski definition) is 2. The van der Waals surface area contributed by atoms with Crippen molar-refractivity contribution in [3.63, 3.8) is 0 Å². The molecule has 0 spiro atoms. The van der Waals surface area contributed by atoms with Gasteiger partial charge in [-0.2, -0.15) is 0 Å². The fourth-order valence-corrected chi connectivity index (χ4v) is 2.86. The second kappa shape index (κ2) is 5.92. The maximum atomic E-state index is 13.3. The first kappa shape index (κ1) is 14.2. The van der Waals surface area contributed by atoms with Gasteiger partial charge in [0.15, 0.2) is 0 Å². The lowest BCUT2D eigenvalue weighted by molar-refractivity contribution is 0.539. The smallest absolute Gasteiger partial charge is 0.126 e. The average Bonchev–Trinajstić information content (AvgIpc) is 2.84. The summed E-state index contributed by atoms with van der Waals surface area (Å²) in [4.78, 5) is 0. The Hall–Kier alpha value is -1.78. The van der Waals surface area contributed by atoms with E-state index in [1.54, 1.807) is 0 Å². The molecule has 4 heteroatoms. The third kappa shape index (κ3) is 3.28. The van der Waals surface area contributed by atoms with Crippen LogP contribution in [0.2, 0.25) is 0 Å². The van der Waals surface area contributed by atoms with Gasteiger partial charge in [0.2, 0.25) is 0 Å². The Balaban J connectivity index is 1.85. The van der Waals surface area contributed by atoms with Crippen molar-refractivity contribution in [2.45, 2.75) is 24.9 Å². The lowest BCUT2D eigenvalue weighted by Gasteiger charge is -2.16. The highest BCUT2D eigenvalue weighted by atomic mass is 19.1. The van der Waals surface area contributed by atoms with E-state index in [4.69, 9.17) is 5.73 Å². The molecule has 2 nitrogen and oxygen atoms in total. The molecule has 2 aromatic carbocycles. The molecule has 0 saturated carbocycles. The van der Waals surface area contributed by atoms with Crippen LogP contribution in [0.1, 0.15) is 12.0 Å². The van der Waals surface area contributed by atoms with Crippen molar-refractivity contribution in [1.29, 1.82) is 0 Å². The molecule has 0 radical (unpaired) electrons. The Bertz CT molecular complexity index is 622. The maximum Gasteiger partial charge on any atom is 0.126 e. The van der Waals surface area contributed by atoms with Crippen molar-refractivity contribution >= 4 is 0 Å². The summed E-state index contributed by atoms with van der Waals surface area (Å²) in [7, 11) is 0. The van der Waals surface area contributed by atoms with Crippen molar-refractivity contribution < 1.29 is 8.78 Å². The summed E-state index contributed by atoms with van der Waals surface area (Å²) >= 11 is 0. The van der Waals surface area contributed by atoms with Crippen LogP contribution in [0, 0.1) is 11.6 Å². The molecule has 21 heavy (non-hydrogen) atoms. The number of benzene rings is 2. The summed E-state index contributed by atoms with van der Waals surface area (Å²) in [6.07, 6.45) is 1.81. The van der Waals surface area contributed by atoms with Gasteiger partial charge < -0.3 is 11.1 Å². The van der Waals surface area contributed by atoms with Crippen LogP contribution in [-0.4, -0.2) is 18.6 Å². The predicted octanol–water partition coefficient (Wildman–Crippen LogP) is 2.86. The van der Waals surface area contributed by atoms with Crippen LogP contribution in [0.3, 0.4) is 0 Å². The molecule has 3 N–H and O–H groups in total. The van der Waals surface area contributed by atoms with Crippen LogP contribution < -0.4 is 11.1 Å². The molecular formula is C17H18F2N2. The van der Waals surface area contributed by atoms with E-state index in [1.807, 2.05) is 24.3 Å². The van der Waals surface area contributed by atoms with Crippen molar-refractivity contribution in [1.82, 2.24) is 5.32 Å². The van der Waals surface area contributed by atoms with Crippen molar-refractivity contribution in [3.8, 4) is 11.1 Å². The minimum absolute atomic E-state index is 0.167. The summed E-state index contributed by atoms with van der Waals surface area (Å²) in [6.45, 7) is 0.945. The first-order valence-corrected chi connectivity index (χ1v) is 7.16. The normalized spacial score (nSPS) is 21.7.